The number of hydrogen-bond acceptors (Lipinski definition) is 6. The quantitative estimate of drug-likeness (QED) is 0.220. The van der Waals surface area contributed by atoms with Crippen LogP contribution in [0.15, 0.2) is 16.8 Å². The normalized spacial score (nSPS) is 40.8. The molecule has 6 nitrogen and oxygen atoms in total. The highest BCUT2D eigenvalue weighted by molar-refractivity contribution is 6.17. The molecule has 0 N–H and O–H groups in total. The van der Waals surface area contributed by atoms with Crippen molar-refractivity contribution in [3.8, 4) is 0 Å². The van der Waals surface area contributed by atoms with Gasteiger partial charge in [-0.3, -0.25) is 9.59 Å². The van der Waals surface area contributed by atoms with E-state index in [1.54, 1.807) is 0 Å². The molecule has 4 aliphatic rings. The fourth-order valence-electron chi connectivity index (χ4n) is 7.40. The largest absolute Gasteiger partial charge is 0.462 e. The Balaban J connectivity index is 1.68. The molecular weight excluding hydrogens is 442 g/mol. The van der Waals surface area contributed by atoms with Gasteiger partial charge in [-0.2, -0.15) is 0 Å². The fraction of sp³-hybridized carbons (Fsp3) is 0.808. The molecule has 7 atom stereocenters. The van der Waals surface area contributed by atoms with E-state index in [4.69, 9.17) is 25.9 Å². The monoisotopic (exact) mass is 479 g/mol. The van der Waals surface area contributed by atoms with Crippen LogP contribution in [0.4, 0.5) is 0 Å². The number of alkyl halides is 1. The summed E-state index contributed by atoms with van der Waals surface area (Å²) < 4.78 is 11.4. The van der Waals surface area contributed by atoms with E-state index in [-0.39, 0.29) is 40.9 Å². The maximum absolute atomic E-state index is 11.8. The van der Waals surface area contributed by atoms with Gasteiger partial charge in [0, 0.05) is 37.5 Å². The highest BCUT2D eigenvalue weighted by Gasteiger charge is 2.61. The van der Waals surface area contributed by atoms with Crippen LogP contribution < -0.4 is 0 Å². The summed E-state index contributed by atoms with van der Waals surface area (Å²) in [5, 5.41) is 4.66. The van der Waals surface area contributed by atoms with Crippen molar-refractivity contribution in [1.29, 1.82) is 0 Å². The second-order valence-corrected chi connectivity index (χ2v) is 11.3. The van der Waals surface area contributed by atoms with Gasteiger partial charge in [0.1, 0.15) is 18.8 Å². The van der Waals surface area contributed by atoms with Crippen LogP contribution in [0.3, 0.4) is 0 Å². The third-order valence-corrected chi connectivity index (χ3v) is 9.28. The molecular formula is C26H38ClNO5. The highest BCUT2D eigenvalue weighted by Crippen LogP contribution is 2.64. The van der Waals surface area contributed by atoms with Crippen molar-refractivity contribution in [1.82, 2.24) is 0 Å². The van der Waals surface area contributed by atoms with Crippen molar-refractivity contribution in [2.75, 3.05) is 12.5 Å². The number of oxime groups is 1. The second-order valence-electron chi connectivity index (χ2n) is 10.9. The highest BCUT2D eigenvalue weighted by atomic mass is 35.5. The van der Waals surface area contributed by atoms with E-state index in [0.29, 0.717) is 24.3 Å². The maximum atomic E-state index is 11.8. The summed E-state index contributed by atoms with van der Waals surface area (Å²) in [6.07, 6.45) is 9.63. The molecule has 0 saturated heterocycles. The summed E-state index contributed by atoms with van der Waals surface area (Å²) in [5.74, 6) is 1.28. The Kier molecular flexibility index (Phi) is 7.14. The van der Waals surface area contributed by atoms with Crippen LogP contribution in [0.1, 0.15) is 79.1 Å². The number of halogens is 1. The molecule has 0 spiro atoms. The van der Waals surface area contributed by atoms with E-state index in [1.807, 2.05) is 0 Å². The van der Waals surface area contributed by atoms with Gasteiger partial charge in [0.15, 0.2) is 0 Å². The minimum absolute atomic E-state index is 0.0303. The lowest BCUT2D eigenvalue weighted by molar-refractivity contribution is -0.155. The fourth-order valence-corrected chi connectivity index (χ4v) is 7.51. The molecule has 0 heterocycles. The van der Waals surface area contributed by atoms with Gasteiger partial charge >= 0.3 is 11.9 Å². The lowest BCUT2D eigenvalue weighted by Crippen LogP contribution is -2.54. The van der Waals surface area contributed by atoms with E-state index < -0.39 is 0 Å². The topological polar surface area (TPSA) is 74.2 Å². The smallest absolute Gasteiger partial charge is 0.302 e. The number of carbonyl (C=O) groups excluding carboxylic acids is 2. The van der Waals surface area contributed by atoms with Gasteiger partial charge in [0.2, 0.25) is 0 Å². The van der Waals surface area contributed by atoms with Crippen molar-refractivity contribution >= 4 is 29.3 Å². The Morgan fingerprint density at radius 1 is 1.06 bits per heavy atom. The Morgan fingerprint density at radius 2 is 1.82 bits per heavy atom. The first-order valence-corrected chi connectivity index (χ1v) is 13.0. The van der Waals surface area contributed by atoms with Crippen LogP contribution in [0.5, 0.6) is 0 Å². The molecule has 4 aliphatic carbocycles. The van der Waals surface area contributed by atoms with E-state index >= 15 is 0 Å². The van der Waals surface area contributed by atoms with Crippen molar-refractivity contribution in [3.63, 3.8) is 0 Å². The molecule has 3 fully saturated rings. The van der Waals surface area contributed by atoms with Gasteiger partial charge in [0.05, 0.1) is 5.71 Å². The van der Waals surface area contributed by atoms with Crippen LogP contribution in [-0.4, -0.2) is 42.3 Å². The van der Waals surface area contributed by atoms with E-state index in [1.165, 1.54) is 19.4 Å². The first-order valence-electron chi connectivity index (χ1n) is 12.5. The van der Waals surface area contributed by atoms with Gasteiger partial charge in [-0.15, -0.1) is 11.6 Å². The summed E-state index contributed by atoms with van der Waals surface area (Å²) in [6.45, 7) is 8.20. The van der Waals surface area contributed by atoms with Gasteiger partial charge < -0.3 is 14.3 Å². The molecule has 7 heteroatoms. The Morgan fingerprint density at radius 3 is 2.52 bits per heavy atom. The third-order valence-electron chi connectivity index (χ3n) is 9.01. The van der Waals surface area contributed by atoms with Crippen molar-refractivity contribution in [2.45, 2.75) is 91.3 Å². The van der Waals surface area contributed by atoms with Crippen molar-refractivity contribution in [3.05, 3.63) is 11.6 Å². The summed E-state index contributed by atoms with van der Waals surface area (Å²) in [5.41, 5.74) is 2.36. The van der Waals surface area contributed by atoms with Crippen LogP contribution >= 0.6 is 11.6 Å². The maximum Gasteiger partial charge on any atom is 0.302 e. The van der Waals surface area contributed by atoms with E-state index in [9.17, 15) is 9.59 Å². The molecule has 3 saturated carbocycles. The molecule has 0 aromatic heterocycles. The van der Waals surface area contributed by atoms with Crippen molar-refractivity contribution < 1.29 is 23.9 Å². The molecule has 0 radical (unpaired) electrons. The number of ether oxygens (including phenoxy) is 2. The molecule has 33 heavy (non-hydrogen) atoms. The number of rotatable bonds is 6. The minimum Gasteiger partial charge on any atom is -0.462 e. The molecule has 0 aromatic carbocycles. The average Bonchev–Trinajstić information content (AvgIpc) is 3.07. The van der Waals surface area contributed by atoms with Crippen molar-refractivity contribution in [2.24, 2.45) is 33.7 Å². The minimum atomic E-state index is -0.216. The van der Waals surface area contributed by atoms with Gasteiger partial charge in [-0.25, -0.2) is 0 Å². The molecule has 4 rings (SSSR count). The van der Waals surface area contributed by atoms with Gasteiger partial charge in [-0.05, 0) is 68.3 Å². The zero-order valence-electron chi connectivity index (χ0n) is 20.4. The number of hydrogen-bond donors (Lipinski definition) is 0. The Hall–Kier alpha value is -1.56. The number of allylic oxidation sites excluding steroid dienone is 1. The SMILES string of the molecule is CC(=O)O[C@H]1CC[C@@]2(C)C(=CC(=NOCCCCl)[C@H]3[C@@H]4CC[C@H](OC(C)=O)[C@@]4(C)CC[C@@H]32)C1. The van der Waals surface area contributed by atoms with E-state index in [2.05, 4.69) is 25.1 Å². The molecule has 0 aromatic rings. The number of nitrogens with zero attached hydrogens (tertiary/aromatic N) is 1. The van der Waals surface area contributed by atoms with Crippen LogP contribution in [0, 0.1) is 28.6 Å². The lowest BCUT2D eigenvalue weighted by atomic mass is 9.47. The van der Waals surface area contributed by atoms with E-state index in [0.717, 1.165) is 57.1 Å². The molecule has 0 unspecified atom stereocenters. The zero-order valence-corrected chi connectivity index (χ0v) is 21.2. The number of esters is 2. The molecule has 184 valence electrons. The average molecular weight is 480 g/mol. The first kappa shape index (κ1) is 24.6. The summed E-state index contributed by atoms with van der Waals surface area (Å²) in [4.78, 5) is 29.1. The number of fused-ring (bicyclic) bond motifs is 5. The van der Waals surface area contributed by atoms with Crippen LogP contribution in [-0.2, 0) is 23.9 Å². The first-order chi connectivity index (χ1) is 15.7. The van der Waals surface area contributed by atoms with Crippen LogP contribution in [0.2, 0.25) is 0 Å². The number of carbonyl (C=O) groups is 2. The van der Waals surface area contributed by atoms with Crippen LogP contribution in [0.25, 0.3) is 0 Å². The third kappa shape index (κ3) is 4.56. The lowest BCUT2D eigenvalue weighted by Gasteiger charge is -2.57. The summed E-state index contributed by atoms with van der Waals surface area (Å²) in [6, 6.07) is 0. The zero-order chi connectivity index (χ0) is 23.8. The standard InChI is InChI=1S/C26H38ClNO5/c1-16(29)32-19-8-10-25(3)18(14-19)15-22(28-31-13-5-12-27)24-20-6-7-23(33-17(2)30)26(20,4)11-9-21(24)25/h15,19-21,23-24H,5-14H2,1-4H3/t19-,20-,21-,23-,24-,25-,26-/m0/s1. The summed E-state index contributed by atoms with van der Waals surface area (Å²) >= 11 is 5.83. The molecule has 0 bridgehead atoms. The predicted molar refractivity (Wildman–Crippen MR) is 127 cm³/mol. The Labute approximate surface area is 202 Å². The predicted octanol–water partition coefficient (Wildman–Crippen LogP) is 5.42. The second kappa shape index (κ2) is 9.59. The van der Waals surface area contributed by atoms with Gasteiger partial charge in [-0.1, -0.05) is 24.6 Å². The molecule has 0 amide bonds. The molecule has 0 aliphatic heterocycles. The van der Waals surface area contributed by atoms with Gasteiger partial charge in [0.25, 0.3) is 0 Å². The Bertz CT molecular complexity index is 841. The summed E-state index contributed by atoms with van der Waals surface area (Å²) in [7, 11) is 0.